The molecule has 6 nitrogen and oxygen atoms in total. The zero-order valence-corrected chi connectivity index (χ0v) is 10.4. The van der Waals surface area contributed by atoms with Gasteiger partial charge in [0.1, 0.15) is 0 Å². The number of rotatable bonds is 3. The van der Waals surface area contributed by atoms with E-state index in [9.17, 15) is 14.4 Å². The smallest absolute Gasteiger partial charge is 0.302 e. The van der Waals surface area contributed by atoms with E-state index in [-0.39, 0.29) is 11.9 Å². The summed E-state index contributed by atoms with van der Waals surface area (Å²) < 4.78 is 12.7. The van der Waals surface area contributed by atoms with E-state index < -0.39 is 0 Å². The summed E-state index contributed by atoms with van der Waals surface area (Å²) in [6.45, 7) is 7.68. The second-order valence-corrected chi connectivity index (χ2v) is 2.17. The molecule has 0 aromatic heterocycles. The van der Waals surface area contributed by atoms with E-state index in [1.54, 1.807) is 13.8 Å². The van der Waals surface area contributed by atoms with Crippen molar-refractivity contribution < 1.29 is 28.6 Å². The topological polar surface area (TPSA) is 78.9 Å². The zero-order valence-electron chi connectivity index (χ0n) is 10.4. The first-order chi connectivity index (χ1) is 7.45. The zero-order chi connectivity index (χ0) is 13.4. The van der Waals surface area contributed by atoms with Crippen LogP contribution in [0.15, 0.2) is 0 Å². The van der Waals surface area contributed by atoms with Crippen LogP contribution in [0.1, 0.15) is 27.7 Å². The molecule has 96 valence electrons. The molecule has 0 saturated carbocycles. The summed E-state index contributed by atoms with van der Waals surface area (Å²) in [6, 6.07) is 0. The molecule has 0 spiro atoms. The maximum atomic E-state index is 9.82. The van der Waals surface area contributed by atoms with Gasteiger partial charge in [0.05, 0.1) is 20.3 Å². The molecule has 0 amide bonds. The van der Waals surface area contributed by atoms with Crippen LogP contribution in [0.2, 0.25) is 0 Å². The van der Waals surface area contributed by atoms with E-state index in [1.807, 2.05) is 0 Å². The lowest BCUT2D eigenvalue weighted by atomic mass is 10.8. The van der Waals surface area contributed by atoms with Gasteiger partial charge >= 0.3 is 11.9 Å². The largest absolute Gasteiger partial charge is 0.469 e. The number of methoxy groups -OCH3 is 1. The first kappa shape index (κ1) is 19.9. The molecule has 0 heterocycles. The fourth-order valence-corrected chi connectivity index (χ4v) is 0.271. The highest BCUT2D eigenvalue weighted by Gasteiger charge is 1.81. The van der Waals surface area contributed by atoms with Gasteiger partial charge in [-0.05, 0) is 13.8 Å². The first-order valence-electron chi connectivity index (χ1n) is 4.69. The van der Waals surface area contributed by atoms with Gasteiger partial charge in [-0.2, -0.15) is 0 Å². The summed E-state index contributed by atoms with van der Waals surface area (Å²) in [5.74, 6) is -0.456. The van der Waals surface area contributed by atoms with E-state index in [2.05, 4.69) is 14.2 Å². The van der Waals surface area contributed by atoms with Crippen LogP contribution in [-0.4, -0.2) is 38.7 Å². The highest BCUT2D eigenvalue weighted by atomic mass is 16.5. The Balaban J connectivity index is -0.000000160. The average molecular weight is 236 g/mol. The molecule has 0 aliphatic carbocycles. The fourth-order valence-electron chi connectivity index (χ4n) is 0.271. The maximum absolute atomic E-state index is 9.82. The normalized spacial score (nSPS) is 7.06. The molecule has 0 aliphatic rings. The van der Waals surface area contributed by atoms with E-state index in [4.69, 9.17) is 0 Å². The van der Waals surface area contributed by atoms with Crippen LogP contribution >= 0.6 is 0 Å². The number of esters is 2. The molecular formula is C10H20O6. The molecule has 6 heteroatoms. The van der Waals surface area contributed by atoms with Gasteiger partial charge in [0.15, 0.2) is 0 Å². The number of hydrogen-bond acceptors (Lipinski definition) is 6. The molecule has 0 bridgehead atoms. The molecule has 0 aromatic carbocycles. The van der Waals surface area contributed by atoms with Crippen LogP contribution in [-0.2, 0) is 28.6 Å². The molecule has 0 aromatic rings. The number of ether oxygens (including phenoxy) is 3. The number of carbonyl (C=O) groups is 3. The number of carbonyl (C=O) groups excluding carboxylic acids is 3. The van der Waals surface area contributed by atoms with Crippen molar-refractivity contribution in [2.75, 3.05) is 20.3 Å². The summed E-state index contributed by atoms with van der Waals surface area (Å²) in [5.41, 5.74) is 0. The lowest BCUT2D eigenvalue weighted by molar-refractivity contribution is -0.140. The average Bonchev–Trinajstić information content (AvgIpc) is 2.20. The summed E-state index contributed by atoms with van der Waals surface area (Å²) in [5, 5.41) is 0. The Morgan fingerprint density at radius 2 is 1.50 bits per heavy atom. The van der Waals surface area contributed by atoms with Crippen molar-refractivity contribution in [2.24, 2.45) is 0 Å². The van der Waals surface area contributed by atoms with Crippen molar-refractivity contribution in [1.29, 1.82) is 0 Å². The summed E-state index contributed by atoms with van der Waals surface area (Å²) in [7, 11) is 1.35. The van der Waals surface area contributed by atoms with Crippen molar-refractivity contribution in [1.82, 2.24) is 0 Å². The molecule has 0 saturated heterocycles. The Labute approximate surface area is 95.9 Å². The fraction of sp³-hybridized carbons (Fsp3) is 0.700. The van der Waals surface area contributed by atoms with Gasteiger partial charge in [0.25, 0.3) is 6.47 Å². The molecular weight excluding hydrogens is 216 g/mol. The lowest BCUT2D eigenvalue weighted by Crippen LogP contribution is -1.95. The van der Waals surface area contributed by atoms with Crippen molar-refractivity contribution in [2.45, 2.75) is 27.7 Å². The molecule has 0 aliphatic heterocycles. The third kappa shape index (κ3) is 55.2. The highest BCUT2D eigenvalue weighted by Crippen LogP contribution is 1.69. The second-order valence-electron chi connectivity index (χ2n) is 2.17. The highest BCUT2D eigenvalue weighted by molar-refractivity contribution is 5.65. The van der Waals surface area contributed by atoms with Gasteiger partial charge in [0, 0.05) is 13.8 Å². The quantitative estimate of drug-likeness (QED) is 0.412. The molecule has 0 fully saturated rings. The predicted octanol–water partition coefficient (Wildman–Crippen LogP) is 0.928. The van der Waals surface area contributed by atoms with Gasteiger partial charge in [-0.1, -0.05) is 0 Å². The summed E-state index contributed by atoms with van der Waals surface area (Å²) in [4.78, 5) is 28.6. The minimum absolute atomic E-state index is 0.211. The van der Waals surface area contributed by atoms with Crippen molar-refractivity contribution in [3.8, 4) is 0 Å². The Bertz CT molecular complexity index is 178. The van der Waals surface area contributed by atoms with Gasteiger partial charge < -0.3 is 14.2 Å². The van der Waals surface area contributed by atoms with Gasteiger partial charge in [0.2, 0.25) is 0 Å². The van der Waals surface area contributed by atoms with E-state index in [0.717, 1.165) is 0 Å². The van der Waals surface area contributed by atoms with Crippen LogP contribution in [0.4, 0.5) is 0 Å². The molecule has 16 heavy (non-hydrogen) atoms. The SMILES string of the molecule is CCOC(C)=O.CCOC=O.COC(C)=O. The molecule has 0 N–H and O–H groups in total. The Kier molecular flexibility index (Phi) is 23.7. The van der Waals surface area contributed by atoms with E-state index in [0.29, 0.717) is 19.7 Å². The maximum Gasteiger partial charge on any atom is 0.302 e. The number of hydrogen-bond donors (Lipinski definition) is 0. The van der Waals surface area contributed by atoms with Crippen molar-refractivity contribution in [3.63, 3.8) is 0 Å². The van der Waals surface area contributed by atoms with Crippen LogP contribution in [0, 0.1) is 0 Å². The molecule has 0 rings (SSSR count). The second kappa shape index (κ2) is 19.1. The van der Waals surface area contributed by atoms with Crippen LogP contribution in [0.3, 0.4) is 0 Å². The van der Waals surface area contributed by atoms with Crippen LogP contribution < -0.4 is 0 Å². The molecule has 0 atom stereocenters. The standard InChI is InChI=1S/C4H8O2.2C3H6O2/c1-3-6-4(2)5;1-3(4)5-2;1-2-5-3-4/h3H2,1-2H3;1-2H3;3H,2H2,1H3. The van der Waals surface area contributed by atoms with Crippen molar-refractivity contribution >= 4 is 18.4 Å². The van der Waals surface area contributed by atoms with Gasteiger partial charge in [-0.15, -0.1) is 0 Å². The van der Waals surface area contributed by atoms with Crippen molar-refractivity contribution in [3.05, 3.63) is 0 Å². The minimum Gasteiger partial charge on any atom is -0.469 e. The molecule has 0 radical (unpaired) electrons. The monoisotopic (exact) mass is 236 g/mol. The van der Waals surface area contributed by atoms with E-state index >= 15 is 0 Å². The predicted molar refractivity (Wildman–Crippen MR) is 57.7 cm³/mol. The lowest BCUT2D eigenvalue weighted by Gasteiger charge is -1.89. The van der Waals surface area contributed by atoms with Crippen LogP contribution in [0.25, 0.3) is 0 Å². The molecule has 0 unspecified atom stereocenters. The third-order valence-electron chi connectivity index (χ3n) is 0.870. The minimum atomic E-state index is -0.245. The van der Waals surface area contributed by atoms with Gasteiger partial charge in [-0.3, -0.25) is 14.4 Å². The summed E-state index contributed by atoms with van der Waals surface area (Å²) in [6.07, 6.45) is 0. The Morgan fingerprint density at radius 3 is 1.50 bits per heavy atom. The summed E-state index contributed by atoms with van der Waals surface area (Å²) >= 11 is 0. The van der Waals surface area contributed by atoms with Crippen LogP contribution in [0.5, 0.6) is 0 Å². The first-order valence-corrected chi connectivity index (χ1v) is 4.69. The Morgan fingerprint density at radius 1 is 1.06 bits per heavy atom. The third-order valence-corrected chi connectivity index (χ3v) is 0.870. The van der Waals surface area contributed by atoms with Gasteiger partial charge in [-0.25, -0.2) is 0 Å². The Hall–Kier alpha value is -1.59. The van der Waals surface area contributed by atoms with E-state index in [1.165, 1.54) is 21.0 Å².